The zero-order valence-electron chi connectivity index (χ0n) is 21.6. The van der Waals surface area contributed by atoms with Crippen LogP contribution in [0.15, 0.2) is 96.5 Å². The summed E-state index contributed by atoms with van der Waals surface area (Å²) in [5.41, 5.74) is 1.51. The Morgan fingerprint density at radius 1 is 1.08 bits per heavy atom. The number of benzene rings is 3. The normalized spacial score (nSPS) is 18.3. The molecule has 3 aromatic carbocycles. The van der Waals surface area contributed by atoms with Crippen LogP contribution < -0.4 is 14.8 Å². The first-order valence-electron chi connectivity index (χ1n) is 12.8. The first-order valence-corrected chi connectivity index (χ1v) is 12.8. The van der Waals surface area contributed by atoms with Crippen LogP contribution in [0.25, 0.3) is 0 Å². The average molecular weight is 515 g/mol. The van der Waals surface area contributed by atoms with Gasteiger partial charge in [0.15, 0.2) is 11.6 Å². The largest absolute Gasteiger partial charge is 0.497 e. The molecule has 198 valence electrons. The summed E-state index contributed by atoms with van der Waals surface area (Å²) in [6, 6.07) is 24.9. The molecule has 3 aromatic rings. The summed E-state index contributed by atoms with van der Waals surface area (Å²) in [5.74, 6) is 1.67. The highest BCUT2D eigenvalue weighted by molar-refractivity contribution is 6.01. The van der Waals surface area contributed by atoms with E-state index in [9.17, 15) is 4.79 Å². The van der Waals surface area contributed by atoms with E-state index in [0.29, 0.717) is 44.1 Å². The summed E-state index contributed by atoms with van der Waals surface area (Å²) in [6.07, 6.45) is 2.65. The molecule has 1 aliphatic heterocycles. The molecule has 1 amide bonds. The number of ether oxygens (including phenoxy) is 3. The van der Waals surface area contributed by atoms with E-state index in [1.54, 1.807) is 13.2 Å². The lowest BCUT2D eigenvalue weighted by molar-refractivity contribution is -0.128. The molecular weight excluding hydrogens is 480 g/mol. The third kappa shape index (κ3) is 6.23. The number of rotatable bonds is 13. The lowest BCUT2D eigenvalue weighted by Gasteiger charge is -2.29. The fraction of sp³-hybridized carbons (Fsp3) is 0.290. The molecule has 38 heavy (non-hydrogen) atoms. The van der Waals surface area contributed by atoms with Crippen LogP contribution in [0, 0.1) is 0 Å². The van der Waals surface area contributed by atoms with Gasteiger partial charge in [-0.3, -0.25) is 4.79 Å². The molecule has 0 saturated carbocycles. The molecule has 0 radical (unpaired) electrons. The Morgan fingerprint density at radius 2 is 1.79 bits per heavy atom. The lowest BCUT2D eigenvalue weighted by atomic mass is 9.84. The van der Waals surface area contributed by atoms with Crippen molar-refractivity contribution < 1.29 is 24.1 Å². The van der Waals surface area contributed by atoms with Crippen LogP contribution in [0.5, 0.6) is 11.5 Å². The standard InChI is InChI=1S/C31H34N2O5/c1-3-19-31(30(35)32-20-18-23-10-14-26(36-2)15-11-23)28(24-8-5-4-6-9-24)38-29(33-31)25-12-16-27(17-13-25)37-22-7-21-34/h3-6,8-17,28,34H,1,7,18-22H2,2H3,(H,32,35)/t28-,31-/m1/s1. The molecule has 0 bridgehead atoms. The highest BCUT2D eigenvalue weighted by Gasteiger charge is 2.52. The fourth-order valence-electron chi connectivity index (χ4n) is 4.43. The van der Waals surface area contributed by atoms with Crippen LogP contribution in [0.2, 0.25) is 0 Å². The first-order chi connectivity index (χ1) is 18.6. The van der Waals surface area contributed by atoms with Gasteiger partial charge in [-0.25, -0.2) is 4.99 Å². The van der Waals surface area contributed by atoms with Gasteiger partial charge < -0.3 is 24.6 Å². The number of aliphatic imine (C=N–C) groups is 1. The van der Waals surface area contributed by atoms with E-state index in [1.807, 2.05) is 78.9 Å². The number of aliphatic hydroxyl groups is 1. The molecule has 1 aliphatic rings. The van der Waals surface area contributed by atoms with Gasteiger partial charge in [0, 0.05) is 31.6 Å². The van der Waals surface area contributed by atoms with E-state index < -0.39 is 11.6 Å². The van der Waals surface area contributed by atoms with Crippen molar-refractivity contribution in [2.24, 2.45) is 4.99 Å². The van der Waals surface area contributed by atoms with Gasteiger partial charge in [0.1, 0.15) is 11.5 Å². The SMILES string of the molecule is C=CC[C@@]1(C(=O)NCCc2ccc(OC)cc2)N=C(c2ccc(OCCCO)cc2)O[C@@H]1c1ccccc1. The Bertz CT molecular complexity index is 1230. The zero-order valence-corrected chi connectivity index (χ0v) is 21.6. The highest BCUT2D eigenvalue weighted by atomic mass is 16.5. The molecule has 2 atom stereocenters. The van der Waals surface area contributed by atoms with Gasteiger partial charge in [0.2, 0.25) is 5.90 Å². The van der Waals surface area contributed by atoms with E-state index in [2.05, 4.69) is 11.9 Å². The van der Waals surface area contributed by atoms with Crippen LogP contribution >= 0.6 is 0 Å². The molecule has 7 heteroatoms. The molecule has 0 aromatic heterocycles. The minimum Gasteiger partial charge on any atom is -0.497 e. The van der Waals surface area contributed by atoms with Gasteiger partial charge in [-0.15, -0.1) is 6.58 Å². The van der Waals surface area contributed by atoms with Gasteiger partial charge in [0.25, 0.3) is 5.91 Å². The molecule has 0 spiro atoms. The second-order valence-corrected chi connectivity index (χ2v) is 9.05. The van der Waals surface area contributed by atoms with Gasteiger partial charge in [-0.2, -0.15) is 0 Å². The number of carbonyl (C=O) groups excluding carboxylic acids is 1. The molecule has 7 nitrogen and oxygen atoms in total. The Balaban J connectivity index is 1.57. The Hall–Kier alpha value is -4.10. The molecule has 0 saturated heterocycles. The third-order valence-electron chi connectivity index (χ3n) is 6.45. The van der Waals surface area contributed by atoms with Crippen molar-refractivity contribution in [1.29, 1.82) is 0 Å². The van der Waals surface area contributed by atoms with Crippen molar-refractivity contribution in [3.63, 3.8) is 0 Å². The first kappa shape index (κ1) is 26.9. The number of carbonyl (C=O) groups is 1. The number of hydrogen-bond acceptors (Lipinski definition) is 6. The van der Waals surface area contributed by atoms with Gasteiger partial charge >= 0.3 is 0 Å². The van der Waals surface area contributed by atoms with E-state index in [1.165, 1.54) is 0 Å². The molecule has 0 fully saturated rings. The van der Waals surface area contributed by atoms with E-state index in [4.69, 9.17) is 24.3 Å². The number of aliphatic hydroxyl groups excluding tert-OH is 1. The summed E-state index contributed by atoms with van der Waals surface area (Å²) in [6.45, 7) is 4.89. The molecule has 0 unspecified atom stereocenters. The maximum Gasteiger partial charge on any atom is 0.252 e. The average Bonchev–Trinajstić information content (AvgIpc) is 3.35. The maximum absolute atomic E-state index is 13.8. The van der Waals surface area contributed by atoms with E-state index >= 15 is 0 Å². The molecular formula is C31H34N2O5. The maximum atomic E-state index is 13.8. The summed E-state index contributed by atoms with van der Waals surface area (Å²) in [7, 11) is 1.64. The highest BCUT2D eigenvalue weighted by Crippen LogP contribution is 2.42. The zero-order chi connectivity index (χ0) is 26.8. The van der Waals surface area contributed by atoms with Crippen molar-refractivity contribution in [3.05, 3.63) is 108 Å². The fourth-order valence-corrected chi connectivity index (χ4v) is 4.43. The number of hydrogen-bond donors (Lipinski definition) is 2. The van der Waals surface area contributed by atoms with Gasteiger partial charge in [-0.1, -0.05) is 48.5 Å². The minimum atomic E-state index is -1.20. The smallest absolute Gasteiger partial charge is 0.252 e. The van der Waals surface area contributed by atoms with Gasteiger partial charge in [-0.05, 0) is 53.9 Å². The predicted molar refractivity (Wildman–Crippen MR) is 148 cm³/mol. The summed E-state index contributed by atoms with van der Waals surface area (Å²) < 4.78 is 17.3. The molecule has 0 aliphatic carbocycles. The second-order valence-electron chi connectivity index (χ2n) is 9.05. The Morgan fingerprint density at radius 3 is 2.45 bits per heavy atom. The number of nitrogens with one attached hydrogen (secondary N) is 1. The minimum absolute atomic E-state index is 0.0805. The van der Waals surface area contributed by atoms with Crippen molar-refractivity contribution in [2.75, 3.05) is 26.9 Å². The van der Waals surface area contributed by atoms with Crippen LogP contribution in [0.4, 0.5) is 0 Å². The molecule has 4 rings (SSSR count). The predicted octanol–water partition coefficient (Wildman–Crippen LogP) is 4.65. The van der Waals surface area contributed by atoms with E-state index in [0.717, 1.165) is 22.4 Å². The quantitative estimate of drug-likeness (QED) is 0.256. The number of nitrogens with zero attached hydrogens (tertiary/aromatic N) is 1. The van der Waals surface area contributed by atoms with Crippen LogP contribution in [0.1, 0.15) is 35.6 Å². The molecule has 1 heterocycles. The van der Waals surface area contributed by atoms with Crippen molar-refractivity contribution in [1.82, 2.24) is 5.32 Å². The van der Waals surface area contributed by atoms with Crippen molar-refractivity contribution in [2.45, 2.75) is 30.9 Å². The monoisotopic (exact) mass is 514 g/mol. The summed E-state index contributed by atoms with van der Waals surface area (Å²) in [5, 5.41) is 12.1. The van der Waals surface area contributed by atoms with Crippen LogP contribution in [0.3, 0.4) is 0 Å². The summed E-state index contributed by atoms with van der Waals surface area (Å²) in [4.78, 5) is 18.7. The van der Waals surface area contributed by atoms with Crippen LogP contribution in [-0.2, 0) is 16.0 Å². The number of methoxy groups -OCH3 is 1. The number of amides is 1. The topological polar surface area (TPSA) is 89.4 Å². The third-order valence-corrected chi connectivity index (χ3v) is 6.45. The van der Waals surface area contributed by atoms with Crippen molar-refractivity contribution >= 4 is 11.8 Å². The van der Waals surface area contributed by atoms with Crippen molar-refractivity contribution in [3.8, 4) is 11.5 Å². The van der Waals surface area contributed by atoms with E-state index in [-0.39, 0.29) is 12.5 Å². The Labute approximate surface area is 223 Å². The summed E-state index contributed by atoms with van der Waals surface area (Å²) >= 11 is 0. The van der Waals surface area contributed by atoms with Crippen LogP contribution in [-0.4, -0.2) is 49.3 Å². The Kier molecular flexibility index (Phi) is 9.16. The second kappa shape index (κ2) is 12.9. The molecule has 2 N–H and O–H groups in total. The lowest BCUT2D eigenvalue weighted by Crippen LogP contribution is -2.48. The van der Waals surface area contributed by atoms with Gasteiger partial charge in [0.05, 0.1) is 13.7 Å².